The topological polar surface area (TPSA) is 41.1 Å². The van der Waals surface area contributed by atoms with Gasteiger partial charge in [0.25, 0.3) is 0 Å². The van der Waals surface area contributed by atoms with Gasteiger partial charge in [0.1, 0.15) is 5.82 Å². The Kier molecular flexibility index (Phi) is 3.07. The Morgan fingerprint density at radius 1 is 1.21 bits per heavy atom. The molecular formula is C15H18N4. The molecule has 1 aromatic carbocycles. The van der Waals surface area contributed by atoms with Gasteiger partial charge in [-0.2, -0.15) is 4.98 Å². The zero-order valence-electron chi connectivity index (χ0n) is 11.3. The van der Waals surface area contributed by atoms with Crippen LogP contribution in [0.1, 0.15) is 17.7 Å². The molecule has 0 atom stereocenters. The second kappa shape index (κ2) is 4.88. The van der Waals surface area contributed by atoms with E-state index in [2.05, 4.69) is 44.5 Å². The molecule has 0 bridgehead atoms. The lowest BCUT2D eigenvalue weighted by molar-refractivity contribution is 0.758. The minimum absolute atomic E-state index is 0.679. The van der Waals surface area contributed by atoms with Gasteiger partial charge in [-0.05, 0) is 31.4 Å². The van der Waals surface area contributed by atoms with Crippen molar-refractivity contribution in [1.82, 2.24) is 9.97 Å². The van der Waals surface area contributed by atoms with Crippen LogP contribution in [0.4, 0.5) is 17.5 Å². The predicted molar refractivity (Wildman–Crippen MR) is 78.1 cm³/mol. The highest BCUT2D eigenvalue weighted by molar-refractivity contribution is 5.66. The van der Waals surface area contributed by atoms with Gasteiger partial charge >= 0.3 is 0 Å². The third kappa shape index (κ3) is 2.26. The van der Waals surface area contributed by atoms with Crippen LogP contribution in [0.5, 0.6) is 0 Å². The quantitative estimate of drug-likeness (QED) is 0.894. The Morgan fingerprint density at radius 3 is 2.89 bits per heavy atom. The first-order valence-electron chi connectivity index (χ1n) is 6.67. The van der Waals surface area contributed by atoms with Crippen molar-refractivity contribution < 1.29 is 0 Å². The molecule has 0 saturated heterocycles. The van der Waals surface area contributed by atoms with Crippen molar-refractivity contribution in [2.75, 3.05) is 23.8 Å². The third-order valence-corrected chi connectivity index (χ3v) is 3.45. The van der Waals surface area contributed by atoms with Gasteiger partial charge in [0, 0.05) is 31.0 Å². The summed E-state index contributed by atoms with van der Waals surface area (Å²) in [4.78, 5) is 11.2. The standard InChI is InChI=1S/C15H18N4/c1-11-10-14(18-15(16-2)17-11)19-9-5-7-12-6-3-4-8-13(12)19/h3-4,6,8,10H,5,7,9H2,1-2H3,(H,16,17,18). The van der Waals surface area contributed by atoms with Crippen LogP contribution in [0.25, 0.3) is 0 Å². The molecule has 1 aliphatic rings. The van der Waals surface area contributed by atoms with Crippen molar-refractivity contribution in [2.45, 2.75) is 19.8 Å². The number of hydrogen-bond acceptors (Lipinski definition) is 4. The van der Waals surface area contributed by atoms with E-state index in [1.54, 1.807) is 0 Å². The van der Waals surface area contributed by atoms with Crippen LogP contribution < -0.4 is 10.2 Å². The molecule has 98 valence electrons. The van der Waals surface area contributed by atoms with Gasteiger partial charge in [-0.25, -0.2) is 4.98 Å². The van der Waals surface area contributed by atoms with Crippen LogP contribution in [0, 0.1) is 6.92 Å². The molecule has 3 rings (SSSR count). The van der Waals surface area contributed by atoms with E-state index in [1.165, 1.54) is 11.3 Å². The van der Waals surface area contributed by atoms with Crippen molar-refractivity contribution >= 4 is 17.5 Å². The summed E-state index contributed by atoms with van der Waals surface area (Å²) >= 11 is 0. The summed E-state index contributed by atoms with van der Waals surface area (Å²) in [5.41, 5.74) is 3.65. The number of nitrogens with one attached hydrogen (secondary N) is 1. The van der Waals surface area contributed by atoms with E-state index in [1.807, 2.05) is 20.0 Å². The van der Waals surface area contributed by atoms with Gasteiger partial charge in [0.05, 0.1) is 0 Å². The van der Waals surface area contributed by atoms with Gasteiger partial charge in [-0.3, -0.25) is 0 Å². The summed E-state index contributed by atoms with van der Waals surface area (Å²) in [6.45, 7) is 3.01. The molecule has 2 heterocycles. The molecule has 1 aliphatic heterocycles. The fourth-order valence-electron chi connectivity index (χ4n) is 2.57. The fourth-order valence-corrected chi connectivity index (χ4v) is 2.57. The average Bonchev–Trinajstić information content (AvgIpc) is 2.46. The Balaban J connectivity index is 2.06. The van der Waals surface area contributed by atoms with E-state index in [-0.39, 0.29) is 0 Å². The van der Waals surface area contributed by atoms with E-state index < -0.39 is 0 Å². The van der Waals surface area contributed by atoms with E-state index in [9.17, 15) is 0 Å². The summed E-state index contributed by atoms with van der Waals surface area (Å²) in [6, 6.07) is 10.6. The van der Waals surface area contributed by atoms with Crippen molar-refractivity contribution in [3.8, 4) is 0 Å². The van der Waals surface area contributed by atoms with E-state index in [0.29, 0.717) is 5.95 Å². The van der Waals surface area contributed by atoms with Gasteiger partial charge in [-0.1, -0.05) is 18.2 Å². The number of para-hydroxylation sites is 1. The maximum Gasteiger partial charge on any atom is 0.224 e. The smallest absolute Gasteiger partial charge is 0.224 e. The molecule has 0 saturated carbocycles. The van der Waals surface area contributed by atoms with E-state index in [0.717, 1.165) is 30.9 Å². The number of rotatable bonds is 2. The first kappa shape index (κ1) is 12.0. The van der Waals surface area contributed by atoms with E-state index >= 15 is 0 Å². The zero-order chi connectivity index (χ0) is 13.2. The molecule has 0 aliphatic carbocycles. The van der Waals surface area contributed by atoms with Crippen LogP contribution in [0.15, 0.2) is 30.3 Å². The van der Waals surface area contributed by atoms with Crippen LogP contribution >= 0.6 is 0 Å². The first-order chi connectivity index (χ1) is 9.28. The van der Waals surface area contributed by atoms with Crippen molar-refractivity contribution in [1.29, 1.82) is 0 Å². The van der Waals surface area contributed by atoms with Gasteiger partial charge in [0.15, 0.2) is 0 Å². The zero-order valence-corrected chi connectivity index (χ0v) is 11.3. The predicted octanol–water partition coefficient (Wildman–Crippen LogP) is 2.91. The molecule has 0 radical (unpaired) electrons. The average molecular weight is 254 g/mol. The number of benzene rings is 1. The third-order valence-electron chi connectivity index (χ3n) is 3.45. The molecular weight excluding hydrogens is 236 g/mol. The SMILES string of the molecule is CNc1nc(C)cc(N2CCCc3ccccc32)n1. The van der Waals surface area contributed by atoms with Gasteiger partial charge < -0.3 is 10.2 Å². The molecule has 4 heteroatoms. The molecule has 0 unspecified atom stereocenters. The number of nitrogens with zero attached hydrogens (tertiary/aromatic N) is 3. The minimum atomic E-state index is 0.679. The van der Waals surface area contributed by atoms with Crippen LogP contribution in [-0.4, -0.2) is 23.6 Å². The normalized spacial score (nSPS) is 14.1. The summed E-state index contributed by atoms with van der Waals surface area (Å²) < 4.78 is 0. The number of aryl methyl sites for hydroxylation is 2. The van der Waals surface area contributed by atoms with Crippen LogP contribution in [0.3, 0.4) is 0 Å². The first-order valence-corrected chi connectivity index (χ1v) is 6.67. The number of fused-ring (bicyclic) bond motifs is 1. The molecule has 2 aromatic rings. The Labute approximate surface area is 113 Å². The monoisotopic (exact) mass is 254 g/mol. The summed E-state index contributed by atoms with van der Waals surface area (Å²) in [7, 11) is 1.85. The van der Waals surface area contributed by atoms with Crippen LogP contribution in [-0.2, 0) is 6.42 Å². The van der Waals surface area contributed by atoms with E-state index in [4.69, 9.17) is 0 Å². The summed E-state index contributed by atoms with van der Waals surface area (Å²) in [5.74, 6) is 1.65. The fraction of sp³-hybridized carbons (Fsp3) is 0.333. The maximum absolute atomic E-state index is 4.58. The molecule has 1 N–H and O–H groups in total. The molecule has 0 fully saturated rings. The Hall–Kier alpha value is -2.10. The van der Waals surface area contributed by atoms with Gasteiger partial charge in [0.2, 0.25) is 5.95 Å². The number of anilines is 3. The second-order valence-electron chi connectivity index (χ2n) is 4.83. The Bertz CT molecular complexity index is 594. The van der Waals surface area contributed by atoms with Crippen LogP contribution in [0.2, 0.25) is 0 Å². The lowest BCUT2D eigenvalue weighted by atomic mass is 10.0. The van der Waals surface area contributed by atoms with Crippen molar-refractivity contribution in [2.24, 2.45) is 0 Å². The molecule has 0 spiro atoms. The molecule has 0 amide bonds. The molecule has 19 heavy (non-hydrogen) atoms. The minimum Gasteiger partial charge on any atom is -0.357 e. The largest absolute Gasteiger partial charge is 0.357 e. The van der Waals surface area contributed by atoms with Gasteiger partial charge in [-0.15, -0.1) is 0 Å². The maximum atomic E-state index is 4.58. The molecule has 1 aromatic heterocycles. The summed E-state index contributed by atoms with van der Waals surface area (Å²) in [6.07, 6.45) is 2.31. The highest BCUT2D eigenvalue weighted by Gasteiger charge is 2.19. The number of hydrogen-bond donors (Lipinski definition) is 1. The van der Waals surface area contributed by atoms with Crippen molar-refractivity contribution in [3.05, 3.63) is 41.6 Å². The van der Waals surface area contributed by atoms with Crippen molar-refractivity contribution in [3.63, 3.8) is 0 Å². The highest BCUT2D eigenvalue weighted by Crippen LogP contribution is 2.32. The lowest BCUT2D eigenvalue weighted by Crippen LogP contribution is -2.25. The lowest BCUT2D eigenvalue weighted by Gasteiger charge is -2.30. The second-order valence-corrected chi connectivity index (χ2v) is 4.83. The molecule has 4 nitrogen and oxygen atoms in total. The Morgan fingerprint density at radius 2 is 2.05 bits per heavy atom. The summed E-state index contributed by atoms with van der Waals surface area (Å²) in [5, 5.41) is 3.02. The number of aromatic nitrogens is 2. The highest BCUT2D eigenvalue weighted by atomic mass is 15.2.